The lowest BCUT2D eigenvalue weighted by Gasteiger charge is -2.08. The number of benzene rings is 5. The lowest BCUT2D eigenvalue weighted by Crippen LogP contribution is -1.97. The zero-order chi connectivity index (χ0) is 31.2. The van der Waals surface area contributed by atoms with Crippen LogP contribution in [0.15, 0.2) is 120 Å². The van der Waals surface area contributed by atoms with Gasteiger partial charge in [0.1, 0.15) is 0 Å². The molecule has 0 aromatic heterocycles. The maximum atomic E-state index is 11.9. The molecule has 43 heavy (non-hydrogen) atoms. The third-order valence-corrected chi connectivity index (χ3v) is 9.63. The Morgan fingerprint density at radius 3 is 1.35 bits per heavy atom. The molecule has 0 spiro atoms. The van der Waals surface area contributed by atoms with E-state index in [0.717, 1.165) is 15.7 Å². The number of azo groups is 2. The van der Waals surface area contributed by atoms with Crippen molar-refractivity contribution in [1.82, 2.24) is 0 Å². The first-order chi connectivity index (χ1) is 20.1. The standard InChI is InChI=1S/C26H17IN4O9S3/c27-23-9-10-25(21-13-17(42(35,36)37)5-7-19(21)23)31-30-24-11-12-26(22-14-18(43(38,39)40)6-8-20(22)24)29-28-15-1-3-16(4-2-15)41(32,33)34/h1-14H,(H,32,33,34)(H,35,36,37)(H,38,39,40)/b29-28+,31-30+. The van der Waals surface area contributed by atoms with E-state index in [4.69, 9.17) is 4.55 Å². The molecule has 5 aromatic carbocycles. The van der Waals surface area contributed by atoms with E-state index in [1.54, 1.807) is 18.2 Å². The SMILES string of the molecule is O=S(=O)(O)c1ccc(/N=N/c2ccc(/N=N/c3ccc(I)c4ccc(S(=O)(=O)O)cc34)c3ccc(S(=O)(=O)O)cc23)cc1. The van der Waals surface area contributed by atoms with Crippen LogP contribution < -0.4 is 0 Å². The van der Waals surface area contributed by atoms with Crippen LogP contribution in [0.3, 0.4) is 0 Å². The van der Waals surface area contributed by atoms with Crippen molar-refractivity contribution in [2.75, 3.05) is 0 Å². The summed E-state index contributed by atoms with van der Waals surface area (Å²) in [5.74, 6) is 0. The fourth-order valence-electron chi connectivity index (χ4n) is 4.06. The van der Waals surface area contributed by atoms with Crippen LogP contribution in [0.5, 0.6) is 0 Å². The van der Waals surface area contributed by atoms with Crippen LogP contribution in [0.2, 0.25) is 0 Å². The molecule has 5 rings (SSSR count). The Balaban J connectivity index is 1.61. The monoisotopic (exact) mass is 752 g/mol. The highest BCUT2D eigenvalue weighted by atomic mass is 127. The van der Waals surface area contributed by atoms with Crippen LogP contribution in [0.25, 0.3) is 21.5 Å². The van der Waals surface area contributed by atoms with Crippen molar-refractivity contribution < 1.29 is 38.9 Å². The Labute approximate surface area is 258 Å². The van der Waals surface area contributed by atoms with E-state index >= 15 is 0 Å². The van der Waals surface area contributed by atoms with Crippen molar-refractivity contribution in [3.63, 3.8) is 0 Å². The summed E-state index contributed by atoms with van der Waals surface area (Å²) in [4.78, 5) is -1.06. The fraction of sp³-hybridized carbons (Fsp3) is 0. The smallest absolute Gasteiger partial charge is 0.282 e. The second-order valence-corrected chi connectivity index (χ2v) is 14.3. The highest BCUT2D eigenvalue weighted by Crippen LogP contribution is 2.38. The molecular weight excluding hydrogens is 735 g/mol. The zero-order valence-corrected chi connectivity index (χ0v) is 25.9. The molecule has 0 atom stereocenters. The minimum atomic E-state index is -4.59. The van der Waals surface area contributed by atoms with E-state index in [1.165, 1.54) is 54.6 Å². The van der Waals surface area contributed by atoms with Crippen LogP contribution in [0.1, 0.15) is 0 Å². The number of hydrogen-bond acceptors (Lipinski definition) is 10. The Hall–Kier alpha value is -3.72. The molecule has 0 amide bonds. The average Bonchev–Trinajstić information content (AvgIpc) is 2.94. The van der Waals surface area contributed by atoms with Gasteiger partial charge in [0.15, 0.2) is 0 Å². The van der Waals surface area contributed by atoms with E-state index in [9.17, 15) is 34.4 Å². The van der Waals surface area contributed by atoms with Crippen molar-refractivity contribution >= 4 is 97.2 Å². The van der Waals surface area contributed by atoms with E-state index in [-0.39, 0.29) is 32.2 Å². The van der Waals surface area contributed by atoms with E-state index in [2.05, 4.69) is 43.0 Å². The van der Waals surface area contributed by atoms with Crippen LogP contribution in [-0.4, -0.2) is 38.9 Å². The Kier molecular flexibility index (Phi) is 8.15. The molecule has 0 unspecified atom stereocenters. The number of fused-ring (bicyclic) bond motifs is 2. The highest BCUT2D eigenvalue weighted by Gasteiger charge is 2.16. The Bertz CT molecular complexity index is 2330. The van der Waals surface area contributed by atoms with Crippen molar-refractivity contribution in [2.45, 2.75) is 14.7 Å². The van der Waals surface area contributed by atoms with Crippen LogP contribution in [-0.2, 0) is 30.4 Å². The summed E-state index contributed by atoms with van der Waals surface area (Å²) in [6.07, 6.45) is 0. The molecule has 13 nitrogen and oxygen atoms in total. The second-order valence-electron chi connectivity index (χ2n) is 8.90. The molecule has 0 aliphatic carbocycles. The Morgan fingerprint density at radius 2 is 0.837 bits per heavy atom. The van der Waals surface area contributed by atoms with Crippen LogP contribution >= 0.6 is 22.6 Å². The summed E-state index contributed by atoms with van der Waals surface area (Å²) >= 11 is 2.08. The maximum absolute atomic E-state index is 11.9. The van der Waals surface area contributed by atoms with E-state index in [1.807, 2.05) is 0 Å². The predicted octanol–water partition coefficient (Wildman–Crippen LogP) is 7.17. The number of rotatable bonds is 7. The second kappa shape index (κ2) is 11.4. The molecule has 5 aromatic rings. The van der Waals surface area contributed by atoms with Crippen molar-refractivity contribution in [2.24, 2.45) is 20.5 Å². The first kappa shape index (κ1) is 30.7. The molecule has 220 valence electrons. The van der Waals surface area contributed by atoms with Gasteiger partial charge in [0, 0.05) is 19.7 Å². The normalized spacial score (nSPS) is 13.0. The highest BCUT2D eigenvalue weighted by molar-refractivity contribution is 14.1. The molecule has 3 N–H and O–H groups in total. The van der Waals surface area contributed by atoms with Gasteiger partial charge in [-0.15, -0.1) is 15.3 Å². The molecule has 0 saturated heterocycles. The molecule has 0 radical (unpaired) electrons. The van der Waals surface area contributed by atoms with Crippen molar-refractivity contribution in [3.05, 3.63) is 88.5 Å². The van der Waals surface area contributed by atoms with Gasteiger partial charge >= 0.3 is 0 Å². The molecule has 0 bridgehead atoms. The predicted molar refractivity (Wildman–Crippen MR) is 165 cm³/mol. The van der Waals surface area contributed by atoms with Gasteiger partial charge < -0.3 is 0 Å². The topological polar surface area (TPSA) is 213 Å². The molecular formula is C26H17IN4O9S3. The number of halogens is 1. The molecule has 0 heterocycles. The van der Waals surface area contributed by atoms with Gasteiger partial charge in [-0.3, -0.25) is 13.7 Å². The average molecular weight is 753 g/mol. The third-order valence-electron chi connectivity index (χ3n) is 6.12. The Morgan fingerprint density at radius 1 is 0.442 bits per heavy atom. The quantitative estimate of drug-likeness (QED) is 0.0872. The van der Waals surface area contributed by atoms with Gasteiger partial charge in [0.05, 0.1) is 37.4 Å². The fourth-order valence-corrected chi connectivity index (χ4v) is 6.20. The van der Waals surface area contributed by atoms with E-state index in [0.29, 0.717) is 21.8 Å². The summed E-state index contributed by atoms with van der Waals surface area (Å²) in [7, 11) is -13.5. The van der Waals surface area contributed by atoms with Crippen molar-refractivity contribution in [1.29, 1.82) is 0 Å². The molecule has 0 aliphatic rings. The molecule has 0 saturated carbocycles. The first-order valence-corrected chi connectivity index (χ1v) is 17.2. The minimum absolute atomic E-state index is 0.177. The van der Waals surface area contributed by atoms with Crippen molar-refractivity contribution in [3.8, 4) is 0 Å². The lowest BCUT2D eigenvalue weighted by atomic mass is 10.1. The third kappa shape index (κ3) is 6.77. The molecule has 0 fully saturated rings. The van der Waals surface area contributed by atoms with Gasteiger partial charge in [0.25, 0.3) is 30.4 Å². The van der Waals surface area contributed by atoms with Gasteiger partial charge in [0.2, 0.25) is 0 Å². The lowest BCUT2D eigenvalue weighted by molar-refractivity contribution is 0.481. The zero-order valence-electron chi connectivity index (χ0n) is 21.3. The summed E-state index contributed by atoms with van der Waals surface area (Å²) in [5.41, 5.74) is 0.965. The first-order valence-electron chi connectivity index (χ1n) is 11.8. The molecule has 0 aliphatic heterocycles. The van der Waals surface area contributed by atoms with Gasteiger partial charge in [-0.1, -0.05) is 12.1 Å². The van der Waals surface area contributed by atoms with Crippen LogP contribution in [0.4, 0.5) is 22.7 Å². The number of hydrogen-bond donors (Lipinski definition) is 3. The van der Waals surface area contributed by atoms with Gasteiger partial charge in [-0.25, -0.2) is 0 Å². The minimum Gasteiger partial charge on any atom is -0.282 e. The van der Waals surface area contributed by atoms with E-state index < -0.39 is 35.2 Å². The summed E-state index contributed by atoms with van der Waals surface area (Å²) in [6.45, 7) is 0. The van der Waals surface area contributed by atoms with Gasteiger partial charge in [-0.05, 0) is 101 Å². The largest absolute Gasteiger partial charge is 0.294 e. The summed E-state index contributed by atoms with van der Waals surface area (Å²) in [5, 5.41) is 18.5. The summed E-state index contributed by atoms with van der Waals surface area (Å²) < 4.78 is 98.8. The molecule has 17 heteroatoms. The maximum Gasteiger partial charge on any atom is 0.294 e. The van der Waals surface area contributed by atoms with Gasteiger partial charge in [-0.2, -0.15) is 30.4 Å². The number of nitrogens with zero attached hydrogens (tertiary/aromatic N) is 4. The summed E-state index contributed by atoms with van der Waals surface area (Å²) in [6, 6.07) is 19.1. The van der Waals surface area contributed by atoms with Crippen LogP contribution in [0, 0.1) is 3.57 Å².